The summed E-state index contributed by atoms with van der Waals surface area (Å²) < 4.78 is 43.3. The average Bonchev–Trinajstić information content (AvgIpc) is 3.44. The lowest BCUT2D eigenvalue weighted by Crippen LogP contribution is -2.76. The normalized spacial score (nSPS) is 16.9. The molecule has 0 saturated carbocycles. The van der Waals surface area contributed by atoms with Gasteiger partial charge in [-0.25, -0.2) is 9.55 Å². The summed E-state index contributed by atoms with van der Waals surface area (Å²) in [5, 5.41) is 18.2. The maximum Gasteiger partial charge on any atom is 0.418 e. The van der Waals surface area contributed by atoms with Crippen LogP contribution in [0.2, 0.25) is 0 Å². The Kier molecular flexibility index (Phi) is 10.9. The number of carbonyl (C=O) groups is 2. The highest BCUT2D eigenvalue weighted by Crippen LogP contribution is 2.33. The van der Waals surface area contributed by atoms with Crippen LogP contribution in [0.4, 0.5) is 5.13 Å². The number of rotatable bonds is 15. The molecule has 7 N–H and O–H groups in total. The minimum absolute atomic E-state index is 0.0321. The minimum atomic E-state index is -4.98. The zero-order chi connectivity index (χ0) is 33.6. The van der Waals surface area contributed by atoms with E-state index in [1.54, 1.807) is 12.1 Å². The van der Waals surface area contributed by atoms with E-state index >= 15 is 0 Å². The van der Waals surface area contributed by atoms with Crippen molar-refractivity contribution in [3.05, 3.63) is 59.4 Å². The lowest BCUT2D eigenvalue weighted by Gasteiger charge is -2.50. The Bertz CT molecular complexity index is 1700. The molecule has 248 valence electrons. The van der Waals surface area contributed by atoms with Crippen molar-refractivity contribution in [2.75, 3.05) is 25.5 Å². The summed E-state index contributed by atoms with van der Waals surface area (Å²) in [5.74, 6) is -1.33. The van der Waals surface area contributed by atoms with Gasteiger partial charge >= 0.3 is 10.4 Å². The molecule has 18 heteroatoms. The first kappa shape index (κ1) is 34.7. The summed E-state index contributed by atoms with van der Waals surface area (Å²) in [6.07, 6.45) is 2.85. The van der Waals surface area contributed by atoms with Gasteiger partial charge in [-0.3, -0.25) is 14.1 Å². The van der Waals surface area contributed by atoms with Crippen LogP contribution in [0, 0.1) is 0 Å². The standard InChI is InChI=1S/C28H35N7O9S2/c1-28(2)24(26(38)35(28)44-46(39,40)41)32-25(37)23(22-16-45-27(30)31-22)33-43-21(14-36)15-42-20-10-7-17(8-11-20)18-6-9-19(5-4-12-29)34(3)13-18/h6-11,13,16,21,24,36H,4-5,12,14-15,29H2,1-3H3,(H3-,30,31,32,37,39,40,41)/p+1/b33-23-/t21-,24-/m1/s1. The van der Waals surface area contributed by atoms with Gasteiger partial charge in [-0.2, -0.15) is 13.5 Å². The second-order valence-electron chi connectivity index (χ2n) is 10.9. The predicted octanol–water partition coefficient (Wildman–Crippen LogP) is 0.109. The third-order valence-electron chi connectivity index (χ3n) is 7.10. The fourth-order valence-corrected chi connectivity index (χ4v) is 5.55. The molecule has 1 aliphatic heterocycles. The van der Waals surface area contributed by atoms with Crippen molar-refractivity contribution >= 4 is 44.4 Å². The molecule has 0 aliphatic carbocycles. The molecular weight excluding hydrogens is 642 g/mol. The van der Waals surface area contributed by atoms with E-state index in [0.29, 0.717) is 17.4 Å². The largest absolute Gasteiger partial charge is 0.490 e. The maximum absolute atomic E-state index is 13.2. The van der Waals surface area contributed by atoms with Crippen LogP contribution >= 0.6 is 11.3 Å². The zero-order valence-electron chi connectivity index (χ0n) is 25.3. The Labute approximate surface area is 269 Å². The van der Waals surface area contributed by atoms with E-state index in [4.69, 9.17) is 25.6 Å². The van der Waals surface area contributed by atoms with Gasteiger partial charge in [0.1, 0.15) is 31.1 Å². The van der Waals surface area contributed by atoms with Crippen LogP contribution < -0.4 is 26.1 Å². The molecule has 0 radical (unpaired) electrons. The number of nitrogens with two attached hydrogens (primary N) is 2. The monoisotopic (exact) mass is 678 g/mol. The first-order valence-electron chi connectivity index (χ1n) is 14.0. The molecule has 2 atom stereocenters. The van der Waals surface area contributed by atoms with Gasteiger partial charge in [0.25, 0.3) is 11.8 Å². The number of benzene rings is 1. The van der Waals surface area contributed by atoms with Crippen molar-refractivity contribution in [1.82, 2.24) is 15.4 Å². The molecule has 1 fully saturated rings. The quantitative estimate of drug-likeness (QED) is 0.0474. The van der Waals surface area contributed by atoms with Crippen molar-refractivity contribution in [2.24, 2.45) is 17.9 Å². The number of pyridine rings is 1. The van der Waals surface area contributed by atoms with Crippen LogP contribution in [-0.2, 0) is 42.6 Å². The fraction of sp³-hybridized carbons (Fsp3) is 0.393. The number of thiazole rings is 1. The highest BCUT2D eigenvalue weighted by molar-refractivity contribution is 7.80. The number of carbonyl (C=O) groups excluding carboxylic acids is 2. The third kappa shape index (κ3) is 8.33. The molecular formula is C28H36N7O9S2+. The average molecular weight is 679 g/mol. The molecule has 1 aromatic carbocycles. The molecule has 46 heavy (non-hydrogen) atoms. The molecule has 0 bridgehead atoms. The van der Waals surface area contributed by atoms with E-state index in [2.05, 4.69) is 30.4 Å². The van der Waals surface area contributed by atoms with Gasteiger partial charge in [0.05, 0.1) is 12.1 Å². The number of aryl methyl sites for hydroxylation is 2. The van der Waals surface area contributed by atoms with E-state index < -0.39 is 46.5 Å². The van der Waals surface area contributed by atoms with Crippen LogP contribution in [-0.4, -0.2) is 83.1 Å². The number of hydroxylamine groups is 2. The summed E-state index contributed by atoms with van der Waals surface area (Å²) in [5.41, 5.74) is 12.8. The minimum Gasteiger partial charge on any atom is -0.490 e. The number of amides is 2. The number of ether oxygens (including phenoxy) is 1. The van der Waals surface area contributed by atoms with Crippen LogP contribution in [0.25, 0.3) is 11.1 Å². The number of aliphatic hydroxyl groups is 1. The topological polar surface area (TPSA) is 233 Å². The molecule has 16 nitrogen and oxygen atoms in total. The number of nitrogens with zero attached hydrogens (tertiary/aromatic N) is 4. The molecule has 3 aromatic rings. The number of oxime groups is 1. The Morgan fingerprint density at radius 2 is 1.93 bits per heavy atom. The van der Waals surface area contributed by atoms with Crippen molar-refractivity contribution in [2.45, 2.75) is 44.4 Å². The number of aromatic nitrogens is 2. The molecule has 2 amide bonds. The van der Waals surface area contributed by atoms with Crippen LogP contribution in [0.3, 0.4) is 0 Å². The second kappa shape index (κ2) is 14.5. The van der Waals surface area contributed by atoms with Crippen LogP contribution in [0.5, 0.6) is 5.75 Å². The van der Waals surface area contributed by atoms with Gasteiger partial charge in [0.2, 0.25) is 0 Å². The smallest absolute Gasteiger partial charge is 0.418 e. The van der Waals surface area contributed by atoms with E-state index in [-0.39, 0.29) is 23.1 Å². The van der Waals surface area contributed by atoms with E-state index in [1.165, 1.54) is 24.9 Å². The summed E-state index contributed by atoms with van der Waals surface area (Å²) >= 11 is 1.03. The summed E-state index contributed by atoms with van der Waals surface area (Å²) in [7, 11) is -2.99. The first-order chi connectivity index (χ1) is 21.7. The number of nitrogen functional groups attached to an aromatic ring is 1. The molecule has 4 rings (SSSR count). The van der Waals surface area contributed by atoms with Gasteiger partial charge in [0, 0.05) is 23.4 Å². The number of hydrogen-bond donors (Lipinski definition) is 5. The van der Waals surface area contributed by atoms with Gasteiger partial charge in [-0.1, -0.05) is 17.3 Å². The summed E-state index contributed by atoms with van der Waals surface area (Å²) in [6, 6.07) is 10.2. The molecule has 1 saturated heterocycles. The van der Waals surface area contributed by atoms with Crippen molar-refractivity contribution in [3.8, 4) is 16.9 Å². The van der Waals surface area contributed by atoms with Crippen molar-refractivity contribution in [3.63, 3.8) is 0 Å². The molecule has 0 unspecified atom stereocenters. The molecule has 1 aliphatic rings. The first-order valence-corrected chi connectivity index (χ1v) is 16.3. The zero-order valence-corrected chi connectivity index (χ0v) is 27.0. The summed E-state index contributed by atoms with van der Waals surface area (Å²) in [4.78, 5) is 35.2. The summed E-state index contributed by atoms with van der Waals surface area (Å²) in [6.45, 7) is 2.80. The maximum atomic E-state index is 13.2. The Balaban J connectivity index is 1.41. The number of anilines is 1. The predicted molar refractivity (Wildman–Crippen MR) is 166 cm³/mol. The van der Waals surface area contributed by atoms with Crippen molar-refractivity contribution in [1.29, 1.82) is 0 Å². The van der Waals surface area contributed by atoms with Crippen LogP contribution in [0.15, 0.2) is 53.1 Å². The number of aliphatic hydroxyl groups excluding tert-OH is 1. The lowest BCUT2D eigenvalue weighted by molar-refractivity contribution is -0.678. The van der Waals surface area contributed by atoms with Gasteiger partial charge in [0.15, 0.2) is 28.8 Å². The number of hydrogen-bond acceptors (Lipinski definition) is 13. The van der Waals surface area contributed by atoms with Gasteiger partial charge < -0.3 is 31.5 Å². The Morgan fingerprint density at radius 3 is 2.50 bits per heavy atom. The molecule has 3 heterocycles. The lowest BCUT2D eigenvalue weighted by atomic mass is 9.84. The highest BCUT2D eigenvalue weighted by Gasteiger charge is 2.58. The highest BCUT2D eigenvalue weighted by atomic mass is 32.3. The van der Waals surface area contributed by atoms with E-state index in [9.17, 15) is 23.1 Å². The second-order valence-corrected chi connectivity index (χ2v) is 12.8. The Hall–Kier alpha value is -4.20. The van der Waals surface area contributed by atoms with Gasteiger partial charge in [-0.15, -0.1) is 15.6 Å². The van der Waals surface area contributed by atoms with Gasteiger partial charge in [-0.05, 0) is 50.6 Å². The SMILES string of the molecule is C[n+]1cc(-c2ccc(OC[C@@H](CO)O/N=C(\C(=O)N[C@@H]3C(=O)N(OS(=O)(=O)O)C3(C)C)c3csc(N)n3)cc2)ccc1CCCN. The Morgan fingerprint density at radius 1 is 1.24 bits per heavy atom. The van der Waals surface area contributed by atoms with E-state index in [0.717, 1.165) is 35.3 Å². The van der Waals surface area contributed by atoms with Crippen molar-refractivity contribution < 1.29 is 46.1 Å². The molecule has 2 aromatic heterocycles. The number of nitrogens with one attached hydrogen (secondary N) is 1. The van der Waals surface area contributed by atoms with Crippen LogP contribution in [0.1, 0.15) is 31.7 Å². The molecule has 0 spiro atoms. The fourth-order valence-electron chi connectivity index (χ4n) is 4.55. The third-order valence-corrected chi connectivity index (χ3v) is 8.11. The van der Waals surface area contributed by atoms with E-state index in [1.807, 2.05) is 31.4 Å². The number of β-lactam (4-membered cyclic amide) rings is 1.